The summed E-state index contributed by atoms with van der Waals surface area (Å²) in [7, 11) is 0. The number of hydrogen-bond donors (Lipinski definition) is 1. The van der Waals surface area contributed by atoms with E-state index in [0.717, 1.165) is 25.1 Å². The van der Waals surface area contributed by atoms with E-state index < -0.39 is 0 Å². The SMILES string of the molecule is CCCN(CC1CC1)C(=O)NCc1ccc(C)c(F)c1. The van der Waals surface area contributed by atoms with E-state index in [4.69, 9.17) is 0 Å². The molecule has 2 amide bonds. The maximum Gasteiger partial charge on any atom is 0.317 e. The van der Waals surface area contributed by atoms with Gasteiger partial charge in [-0.25, -0.2) is 9.18 Å². The van der Waals surface area contributed by atoms with Crippen molar-refractivity contribution in [2.24, 2.45) is 5.92 Å². The zero-order chi connectivity index (χ0) is 14.5. The number of amides is 2. The van der Waals surface area contributed by atoms with E-state index >= 15 is 0 Å². The third kappa shape index (κ3) is 4.22. The number of benzene rings is 1. The molecule has 20 heavy (non-hydrogen) atoms. The number of hydrogen-bond acceptors (Lipinski definition) is 1. The molecule has 0 atom stereocenters. The second-order valence-electron chi connectivity index (χ2n) is 5.63. The second-order valence-corrected chi connectivity index (χ2v) is 5.63. The van der Waals surface area contributed by atoms with Gasteiger partial charge in [0.25, 0.3) is 0 Å². The van der Waals surface area contributed by atoms with Crippen molar-refractivity contribution in [3.8, 4) is 0 Å². The molecule has 0 aromatic heterocycles. The lowest BCUT2D eigenvalue weighted by atomic mass is 10.1. The van der Waals surface area contributed by atoms with Crippen LogP contribution in [0.15, 0.2) is 18.2 Å². The van der Waals surface area contributed by atoms with Crippen LogP contribution in [0, 0.1) is 18.7 Å². The number of aryl methyl sites for hydroxylation is 1. The van der Waals surface area contributed by atoms with Crippen molar-refractivity contribution in [2.45, 2.75) is 39.7 Å². The van der Waals surface area contributed by atoms with E-state index in [-0.39, 0.29) is 11.8 Å². The highest BCUT2D eigenvalue weighted by atomic mass is 19.1. The van der Waals surface area contributed by atoms with Gasteiger partial charge in [0.05, 0.1) is 0 Å². The van der Waals surface area contributed by atoms with Gasteiger partial charge in [-0.2, -0.15) is 0 Å². The molecule has 110 valence electrons. The Kier molecular flexibility index (Phi) is 4.99. The molecule has 1 N–H and O–H groups in total. The molecule has 0 aliphatic heterocycles. The van der Waals surface area contributed by atoms with Gasteiger partial charge in [-0.05, 0) is 49.3 Å². The van der Waals surface area contributed by atoms with Crippen LogP contribution in [0.25, 0.3) is 0 Å². The first kappa shape index (κ1) is 14.8. The Morgan fingerprint density at radius 1 is 1.45 bits per heavy atom. The van der Waals surface area contributed by atoms with Crippen LogP contribution in [0.3, 0.4) is 0 Å². The molecule has 0 bridgehead atoms. The Hall–Kier alpha value is -1.58. The third-order valence-corrected chi connectivity index (χ3v) is 3.64. The predicted molar refractivity (Wildman–Crippen MR) is 78.0 cm³/mol. The van der Waals surface area contributed by atoms with Crippen LogP contribution in [0.5, 0.6) is 0 Å². The Bertz CT molecular complexity index is 472. The number of nitrogens with one attached hydrogen (secondary N) is 1. The van der Waals surface area contributed by atoms with Crippen LogP contribution in [0.1, 0.15) is 37.3 Å². The summed E-state index contributed by atoms with van der Waals surface area (Å²) in [5.74, 6) is 0.462. The molecular formula is C16H23FN2O. The molecule has 4 heteroatoms. The number of nitrogens with zero attached hydrogens (tertiary/aromatic N) is 1. The number of carbonyl (C=O) groups is 1. The van der Waals surface area contributed by atoms with Gasteiger partial charge in [0.2, 0.25) is 0 Å². The molecule has 0 radical (unpaired) electrons. The summed E-state index contributed by atoms with van der Waals surface area (Å²) >= 11 is 0. The first-order chi connectivity index (χ1) is 9.60. The lowest BCUT2D eigenvalue weighted by molar-refractivity contribution is 0.195. The normalized spacial score (nSPS) is 14.2. The van der Waals surface area contributed by atoms with E-state index in [9.17, 15) is 9.18 Å². The van der Waals surface area contributed by atoms with Crippen LogP contribution in [0.4, 0.5) is 9.18 Å². The number of halogens is 1. The van der Waals surface area contributed by atoms with Crippen molar-refractivity contribution < 1.29 is 9.18 Å². The standard InChI is InChI=1S/C16H23FN2O/c1-3-8-19(11-13-6-7-13)16(20)18-10-14-5-4-12(2)15(17)9-14/h4-5,9,13H,3,6-8,10-11H2,1-2H3,(H,18,20). The highest BCUT2D eigenvalue weighted by Gasteiger charge is 2.26. The monoisotopic (exact) mass is 278 g/mol. The molecule has 1 aromatic carbocycles. The average Bonchev–Trinajstić information content (AvgIpc) is 3.23. The van der Waals surface area contributed by atoms with Gasteiger partial charge in [-0.1, -0.05) is 19.1 Å². The fraction of sp³-hybridized carbons (Fsp3) is 0.562. The molecule has 1 fully saturated rings. The molecule has 1 aliphatic rings. The largest absolute Gasteiger partial charge is 0.334 e. The predicted octanol–water partition coefficient (Wildman–Crippen LogP) is 3.47. The topological polar surface area (TPSA) is 32.3 Å². The van der Waals surface area contributed by atoms with Gasteiger partial charge < -0.3 is 10.2 Å². The molecule has 1 aliphatic carbocycles. The third-order valence-electron chi connectivity index (χ3n) is 3.64. The van der Waals surface area contributed by atoms with Gasteiger partial charge in [-0.3, -0.25) is 0 Å². The maximum absolute atomic E-state index is 13.4. The van der Waals surface area contributed by atoms with Crippen molar-refractivity contribution >= 4 is 6.03 Å². The highest BCUT2D eigenvalue weighted by Crippen LogP contribution is 2.29. The molecule has 1 saturated carbocycles. The minimum atomic E-state index is -0.222. The van der Waals surface area contributed by atoms with Gasteiger partial charge in [0, 0.05) is 19.6 Å². The van der Waals surface area contributed by atoms with Crippen LogP contribution in [0.2, 0.25) is 0 Å². The smallest absolute Gasteiger partial charge is 0.317 e. The number of rotatable bonds is 6. The van der Waals surface area contributed by atoms with Gasteiger partial charge in [-0.15, -0.1) is 0 Å². The van der Waals surface area contributed by atoms with Gasteiger partial charge >= 0.3 is 6.03 Å². The number of carbonyl (C=O) groups excluding carboxylic acids is 1. The number of urea groups is 1. The molecule has 2 rings (SSSR count). The van der Waals surface area contributed by atoms with E-state index in [2.05, 4.69) is 12.2 Å². The van der Waals surface area contributed by atoms with Crippen LogP contribution in [-0.4, -0.2) is 24.0 Å². The van der Waals surface area contributed by atoms with E-state index in [1.807, 2.05) is 11.0 Å². The molecule has 0 saturated heterocycles. The zero-order valence-corrected chi connectivity index (χ0v) is 12.3. The second kappa shape index (κ2) is 6.73. The Morgan fingerprint density at radius 2 is 2.20 bits per heavy atom. The highest BCUT2D eigenvalue weighted by molar-refractivity contribution is 5.74. The minimum absolute atomic E-state index is 0.0419. The van der Waals surface area contributed by atoms with Gasteiger partial charge in [0.15, 0.2) is 0 Å². The summed E-state index contributed by atoms with van der Waals surface area (Å²) in [6, 6.07) is 5.04. The van der Waals surface area contributed by atoms with Crippen molar-refractivity contribution in [2.75, 3.05) is 13.1 Å². The average molecular weight is 278 g/mol. The molecule has 1 aromatic rings. The molecule has 0 unspecified atom stereocenters. The van der Waals surface area contributed by atoms with Crippen LogP contribution >= 0.6 is 0 Å². The fourth-order valence-electron chi connectivity index (χ4n) is 2.19. The van der Waals surface area contributed by atoms with Crippen LogP contribution in [-0.2, 0) is 6.54 Å². The molecule has 0 heterocycles. The fourth-order valence-corrected chi connectivity index (χ4v) is 2.19. The Morgan fingerprint density at radius 3 is 2.80 bits per heavy atom. The lowest BCUT2D eigenvalue weighted by Crippen LogP contribution is -2.41. The summed E-state index contributed by atoms with van der Waals surface area (Å²) in [5, 5.41) is 2.88. The van der Waals surface area contributed by atoms with Crippen molar-refractivity contribution in [1.82, 2.24) is 10.2 Å². The molecular weight excluding hydrogens is 255 g/mol. The summed E-state index contributed by atoms with van der Waals surface area (Å²) in [5.41, 5.74) is 1.42. The van der Waals surface area contributed by atoms with Crippen LogP contribution < -0.4 is 5.32 Å². The Labute approximate surface area is 120 Å². The maximum atomic E-state index is 13.4. The summed E-state index contributed by atoms with van der Waals surface area (Å²) in [4.78, 5) is 14.0. The van der Waals surface area contributed by atoms with Crippen molar-refractivity contribution in [3.05, 3.63) is 35.1 Å². The van der Waals surface area contributed by atoms with E-state index in [1.54, 1.807) is 13.0 Å². The van der Waals surface area contributed by atoms with E-state index in [0.29, 0.717) is 18.0 Å². The van der Waals surface area contributed by atoms with Gasteiger partial charge in [0.1, 0.15) is 5.82 Å². The first-order valence-corrected chi connectivity index (χ1v) is 7.38. The zero-order valence-electron chi connectivity index (χ0n) is 12.3. The summed E-state index contributed by atoms with van der Waals surface area (Å²) in [6.45, 7) is 5.81. The Balaban J connectivity index is 1.86. The first-order valence-electron chi connectivity index (χ1n) is 7.38. The summed E-state index contributed by atoms with van der Waals surface area (Å²) < 4.78 is 13.4. The van der Waals surface area contributed by atoms with Crippen molar-refractivity contribution in [1.29, 1.82) is 0 Å². The quantitative estimate of drug-likeness (QED) is 0.849. The lowest BCUT2D eigenvalue weighted by Gasteiger charge is -2.22. The summed E-state index contributed by atoms with van der Waals surface area (Å²) in [6.07, 6.45) is 3.42. The minimum Gasteiger partial charge on any atom is -0.334 e. The molecule has 0 spiro atoms. The van der Waals surface area contributed by atoms with Crippen molar-refractivity contribution in [3.63, 3.8) is 0 Å². The molecule has 3 nitrogen and oxygen atoms in total. The van der Waals surface area contributed by atoms with E-state index in [1.165, 1.54) is 18.9 Å².